The first kappa shape index (κ1) is 18.6. The van der Waals surface area contributed by atoms with Crippen LogP contribution in [0.25, 0.3) is 0 Å². The van der Waals surface area contributed by atoms with Crippen LogP contribution in [0.3, 0.4) is 0 Å². The molecule has 0 bridgehead atoms. The molecule has 2 aromatic carbocycles. The molecule has 0 radical (unpaired) electrons. The quantitative estimate of drug-likeness (QED) is 0.695. The van der Waals surface area contributed by atoms with Crippen molar-refractivity contribution in [2.24, 2.45) is 0 Å². The molecule has 5 nitrogen and oxygen atoms in total. The van der Waals surface area contributed by atoms with Crippen LogP contribution in [0.4, 0.5) is 4.39 Å². The van der Waals surface area contributed by atoms with Crippen LogP contribution in [0.5, 0.6) is 0 Å². The predicted octanol–water partition coefficient (Wildman–Crippen LogP) is 3.66. The van der Waals surface area contributed by atoms with Gasteiger partial charge in [-0.2, -0.15) is 0 Å². The van der Waals surface area contributed by atoms with Crippen LogP contribution in [-0.4, -0.2) is 40.1 Å². The molecule has 0 saturated heterocycles. The topological polar surface area (TPSA) is 57.7 Å². The molecule has 7 heteroatoms. The lowest BCUT2D eigenvalue weighted by atomic mass is 10.1. The zero-order valence-electron chi connectivity index (χ0n) is 15.0. The Balaban J connectivity index is 1.45. The van der Waals surface area contributed by atoms with Crippen molar-refractivity contribution in [1.29, 1.82) is 0 Å². The minimum Gasteiger partial charge on any atom is -0.335 e. The van der Waals surface area contributed by atoms with Gasteiger partial charge in [-0.15, -0.1) is 0 Å². The third-order valence-corrected chi connectivity index (χ3v) is 5.48. The fourth-order valence-corrected chi connectivity index (χ4v) is 3.68. The molecule has 28 heavy (non-hydrogen) atoms. The number of nitrogens with zero attached hydrogens (tertiary/aromatic N) is 2. The van der Waals surface area contributed by atoms with Crippen LogP contribution < -0.4 is 0 Å². The summed E-state index contributed by atoms with van der Waals surface area (Å²) in [6.07, 6.45) is 1.70. The van der Waals surface area contributed by atoms with Crippen molar-refractivity contribution in [3.8, 4) is 0 Å². The Morgan fingerprint density at radius 3 is 2.29 bits per heavy atom. The number of fused-ring (bicyclic) bond motifs is 1. The zero-order chi connectivity index (χ0) is 19.8. The average molecular weight is 401 g/mol. The normalized spacial score (nSPS) is 15.7. The van der Waals surface area contributed by atoms with E-state index in [-0.39, 0.29) is 53.9 Å². The molecule has 3 amide bonds. The van der Waals surface area contributed by atoms with Gasteiger partial charge in [0.15, 0.2) is 0 Å². The van der Waals surface area contributed by atoms with Gasteiger partial charge < -0.3 is 4.90 Å². The Kier molecular flexibility index (Phi) is 4.89. The minimum atomic E-state index is -0.453. The summed E-state index contributed by atoms with van der Waals surface area (Å²) >= 11 is 6.10. The number of amides is 3. The molecule has 144 valence electrons. The van der Waals surface area contributed by atoms with E-state index in [1.54, 1.807) is 35.2 Å². The zero-order valence-corrected chi connectivity index (χ0v) is 15.8. The Hall–Kier alpha value is -2.73. The Bertz CT molecular complexity index is 919. The number of carbonyl (C=O) groups is 3. The number of rotatable bonds is 6. The molecule has 4 rings (SSSR count). The number of benzene rings is 2. The van der Waals surface area contributed by atoms with E-state index in [4.69, 9.17) is 11.6 Å². The minimum absolute atomic E-state index is 0.000591. The number of imide groups is 1. The summed E-state index contributed by atoms with van der Waals surface area (Å²) in [5.74, 6) is -1.45. The maximum Gasteiger partial charge on any atom is 0.261 e. The molecule has 2 aromatic rings. The highest BCUT2D eigenvalue weighted by Crippen LogP contribution is 2.31. The molecular weight excluding hydrogens is 383 g/mol. The first-order chi connectivity index (χ1) is 13.5. The standard InChI is InChI=1S/C21H18ClFN2O3/c22-17-6-3-7-18(23)16(17)12-25(13-8-9-13)19(26)10-11-24-20(27)14-4-1-2-5-15(14)21(24)28/h1-7,13H,8-12H2. The van der Waals surface area contributed by atoms with Gasteiger partial charge in [-0.05, 0) is 37.1 Å². The SMILES string of the molecule is O=C1c2ccccc2C(=O)N1CCC(=O)N(Cc1c(F)cccc1Cl)C1CC1. The lowest BCUT2D eigenvalue weighted by molar-refractivity contribution is -0.132. The molecule has 2 aliphatic rings. The van der Waals surface area contributed by atoms with Crippen molar-refractivity contribution in [3.63, 3.8) is 0 Å². The molecule has 0 atom stereocenters. The molecule has 0 spiro atoms. The number of halogens is 2. The maximum atomic E-state index is 14.1. The summed E-state index contributed by atoms with van der Waals surface area (Å²) in [7, 11) is 0. The van der Waals surface area contributed by atoms with Gasteiger partial charge in [-0.1, -0.05) is 29.8 Å². The lowest BCUT2D eigenvalue weighted by Gasteiger charge is -2.24. The first-order valence-electron chi connectivity index (χ1n) is 9.15. The van der Waals surface area contributed by atoms with Crippen LogP contribution in [-0.2, 0) is 11.3 Å². The van der Waals surface area contributed by atoms with Crippen LogP contribution >= 0.6 is 11.6 Å². The van der Waals surface area contributed by atoms with Gasteiger partial charge in [0.1, 0.15) is 5.82 Å². The van der Waals surface area contributed by atoms with Crippen LogP contribution in [0.1, 0.15) is 45.5 Å². The number of hydrogen-bond donors (Lipinski definition) is 0. The second kappa shape index (κ2) is 7.36. The predicted molar refractivity (Wildman–Crippen MR) is 101 cm³/mol. The summed E-state index contributed by atoms with van der Waals surface area (Å²) in [5.41, 5.74) is 0.999. The molecule has 0 N–H and O–H groups in total. The van der Waals surface area contributed by atoms with E-state index < -0.39 is 5.82 Å². The fourth-order valence-electron chi connectivity index (χ4n) is 3.45. The monoisotopic (exact) mass is 400 g/mol. The Labute approximate surface area is 166 Å². The number of carbonyl (C=O) groups excluding carboxylic acids is 3. The molecule has 1 aliphatic heterocycles. The van der Waals surface area contributed by atoms with Crippen LogP contribution in [0.2, 0.25) is 5.02 Å². The first-order valence-corrected chi connectivity index (χ1v) is 9.52. The molecule has 1 heterocycles. The van der Waals surface area contributed by atoms with Gasteiger partial charge in [-0.3, -0.25) is 19.3 Å². The third kappa shape index (κ3) is 3.40. The highest BCUT2D eigenvalue weighted by Gasteiger charge is 2.37. The molecular formula is C21H18ClFN2O3. The molecule has 0 unspecified atom stereocenters. The van der Waals surface area contributed by atoms with Crippen LogP contribution in [0.15, 0.2) is 42.5 Å². The molecule has 0 aromatic heterocycles. The fraction of sp³-hybridized carbons (Fsp3) is 0.286. The summed E-state index contributed by atoms with van der Waals surface area (Å²) in [5, 5.41) is 0.277. The average Bonchev–Trinajstić information content (AvgIpc) is 3.49. The van der Waals surface area contributed by atoms with E-state index in [1.807, 2.05) is 0 Å². The Morgan fingerprint density at radius 2 is 1.71 bits per heavy atom. The molecule has 1 aliphatic carbocycles. The van der Waals surface area contributed by atoms with E-state index in [0.29, 0.717) is 11.1 Å². The summed E-state index contributed by atoms with van der Waals surface area (Å²) in [6.45, 7) is 0.0799. The van der Waals surface area contributed by atoms with Crippen LogP contribution in [0, 0.1) is 5.82 Å². The molecule has 1 saturated carbocycles. The largest absolute Gasteiger partial charge is 0.335 e. The van der Waals surface area contributed by atoms with Gasteiger partial charge in [0, 0.05) is 29.6 Å². The summed E-state index contributed by atoms with van der Waals surface area (Å²) in [4.78, 5) is 40.4. The van der Waals surface area contributed by atoms with Gasteiger partial charge in [0.05, 0.1) is 17.7 Å². The van der Waals surface area contributed by atoms with Gasteiger partial charge in [0.25, 0.3) is 11.8 Å². The van der Waals surface area contributed by atoms with E-state index in [0.717, 1.165) is 17.7 Å². The molecule has 1 fully saturated rings. The third-order valence-electron chi connectivity index (χ3n) is 5.13. The smallest absolute Gasteiger partial charge is 0.261 e. The Morgan fingerprint density at radius 1 is 1.07 bits per heavy atom. The van der Waals surface area contributed by atoms with E-state index in [1.165, 1.54) is 12.1 Å². The van der Waals surface area contributed by atoms with E-state index >= 15 is 0 Å². The van der Waals surface area contributed by atoms with Gasteiger partial charge in [-0.25, -0.2) is 4.39 Å². The van der Waals surface area contributed by atoms with Crippen molar-refractivity contribution >= 4 is 29.3 Å². The highest BCUT2D eigenvalue weighted by atomic mass is 35.5. The van der Waals surface area contributed by atoms with Crippen molar-refractivity contribution in [2.45, 2.75) is 31.8 Å². The summed E-state index contributed by atoms with van der Waals surface area (Å²) < 4.78 is 14.1. The van der Waals surface area contributed by atoms with Crippen molar-refractivity contribution in [3.05, 3.63) is 70.0 Å². The van der Waals surface area contributed by atoms with Gasteiger partial charge >= 0.3 is 0 Å². The van der Waals surface area contributed by atoms with Gasteiger partial charge in [0.2, 0.25) is 5.91 Å². The van der Waals surface area contributed by atoms with Crippen molar-refractivity contribution in [1.82, 2.24) is 9.80 Å². The second-order valence-corrected chi connectivity index (χ2v) is 7.42. The maximum absolute atomic E-state index is 14.1. The second-order valence-electron chi connectivity index (χ2n) is 7.01. The van der Waals surface area contributed by atoms with Crippen molar-refractivity contribution < 1.29 is 18.8 Å². The van der Waals surface area contributed by atoms with E-state index in [2.05, 4.69) is 0 Å². The van der Waals surface area contributed by atoms with Crippen molar-refractivity contribution in [2.75, 3.05) is 6.54 Å². The highest BCUT2D eigenvalue weighted by molar-refractivity contribution is 6.31. The number of hydrogen-bond acceptors (Lipinski definition) is 3. The summed E-state index contributed by atoms with van der Waals surface area (Å²) in [6, 6.07) is 11.1. The van der Waals surface area contributed by atoms with E-state index in [9.17, 15) is 18.8 Å². The lowest BCUT2D eigenvalue weighted by Crippen LogP contribution is -2.37.